The lowest BCUT2D eigenvalue weighted by Gasteiger charge is -2.27. The van der Waals surface area contributed by atoms with E-state index in [9.17, 15) is 4.79 Å². The van der Waals surface area contributed by atoms with Gasteiger partial charge in [0.1, 0.15) is 0 Å². The number of benzene rings is 1. The topological polar surface area (TPSA) is 46.3 Å². The summed E-state index contributed by atoms with van der Waals surface area (Å²) in [6.45, 7) is 2.84. The standard InChI is InChI=1S/C13H16Br2N2O/c1-2-5-17-12(18)7-11(16)13(17)8-3-4-9(14)10(15)6-8/h3-4,6,11,13H,2,5,7,16H2,1H3. The molecule has 1 aromatic rings. The fourth-order valence-electron chi connectivity index (χ4n) is 2.44. The molecule has 1 amide bonds. The second-order valence-corrected chi connectivity index (χ2v) is 6.28. The van der Waals surface area contributed by atoms with Gasteiger partial charge in [-0.2, -0.15) is 0 Å². The Kier molecular flexibility index (Phi) is 4.45. The van der Waals surface area contributed by atoms with Crippen LogP contribution in [0.4, 0.5) is 0 Å². The van der Waals surface area contributed by atoms with Crippen molar-refractivity contribution in [3.05, 3.63) is 32.7 Å². The molecule has 5 heteroatoms. The van der Waals surface area contributed by atoms with Crippen LogP contribution in [0.25, 0.3) is 0 Å². The van der Waals surface area contributed by atoms with Crippen LogP contribution in [-0.4, -0.2) is 23.4 Å². The van der Waals surface area contributed by atoms with Crippen molar-refractivity contribution in [3.63, 3.8) is 0 Å². The molecule has 2 N–H and O–H groups in total. The van der Waals surface area contributed by atoms with E-state index in [2.05, 4.69) is 38.8 Å². The molecule has 0 bridgehead atoms. The molecular weight excluding hydrogens is 360 g/mol. The number of hydrogen-bond acceptors (Lipinski definition) is 2. The Balaban J connectivity index is 2.34. The Bertz CT molecular complexity index is 464. The first-order valence-corrected chi connectivity index (χ1v) is 7.63. The van der Waals surface area contributed by atoms with E-state index in [-0.39, 0.29) is 18.0 Å². The maximum atomic E-state index is 11.9. The minimum Gasteiger partial charge on any atom is -0.334 e. The van der Waals surface area contributed by atoms with Crippen LogP contribution in [0.1, 0.15) is 31.4 Å². The van der Waals surface area contributed by atoms with Gasteiger partial charge in [-0.05, 0) is 56.0 Å². The Morgan fingerprint density at radius 3 is 2.72 bits per heavy atom. The van der Waals surface area contributed by atoms with E-state index in [1.54, 1.807) is 0 Å². The first kappa shape index (κ1) is 14.0. The first-order chi connectivity index (χ1) is 8.54. The number of amides is 1. The minimum atomic E-state index is -0.114. The van der Waals surface area contributed by atoms with Gasteiger partial charge in [-0.25, -0.2) is 0 Å². The van der Waals surface area contributed by atoms with Gasteiger partial charge in [-0.15, -0.1) is 0 Å². The van der Waals surface area contributed by atoms with Gasteiger partial charge in [-0.3, -0.25) is 4.79 Å². The number of rotatable bonds is 3. The number of halogens is 2. The zero-order valence-corrected chi connectivity index (χ0v) is 13.4. The summed E-state index contributed by atoms with van der Waals surface area (Å²) in [5.74, 6) is 0.161. The van der Waals surface area contributed by atoms with Crippen molar-refractivity contribution in [2.45, 2.75) is 31.8 Å². The predicted octanol–water partition coefficient (Wildman–Crippen LogP) is 3.22. The van der Waals surface area contributed by atoms with Crippen LogP contribution < -0.4 is 5.73 Å². The highest BCUT2D eigenvalue weighted by Crippen LogP contribution is 2.35. The molecule has 3 nitrogen and oxygen atoms in total. The smallest absolute Gasteiger partial charge is 0.224 e. The van der Waals surface area contributed by atoms with Crippen molar-refractivity contribution >= 4 is 37.8 Å². The zero-order chi connectivity index (χ0) is 13.3. The zero-order valence-electron chi connectivity index (χ0n) is 10.2. The average Bonchev–Trinajstić information content (AvgIpc) is 2.59. The summed E-state index contributed by atoms with van der Waals surface area (Å²) < 4.78 is 1.99. The van der Waals surface area contributed by atoms with Crippen LogP contribution in [-0.2, 0) is 4.79 Å². The molecule has 1 aromatic carbocycles. The van der Waals surface area contributed by atoms with E-state index >= 15 is 0 Å². The monoisotopic (exact) mass is 374 g/mol. The Morgan fingerprint density at radius 1 is 1.39 bits per heavy atom. The molecule has 0 saturated carbocycles. The van der Waals surface area contributed by atoms with Crippen molar-refractivity contribution in [1.29, 1.82) is 0 Å². The van der Waals surface area contributed by atoms with Gasteiger partial charge in [0.25, 0.3) is 0 Å². The third kappa shape index (κ3) is 2.63. The number of nitrogens with zero attached hydrogens (tertiary/aromatic N) is 1. The average molecular weight is 376 g/mol. The van der Waals surface area contributed by atoms with Crippen LogP contribution in [0.2, 0.25) is 0 Å². The van der Waals surface area contributed by atoms with Crippen molar-refractivity contribution in [2.24, 2.45) is 5.73 Å². The summed E-state index contributed by atoms with van der Waals surface area (Å²) >= 11 is 6.95. The van der Waals surface area contributed by atoms with Crippen LogP contribution in [0.5, 0.6) is 0 Å². The van der Waals surface area contributed by atoms with E-state index in [1.807, 2.05) is 23.1 Å². The maximum absolute atomic E-state index is 11.9. The largest absolute Gasteiger partial charge is 0.334 e. The SMILES string of the molecule is CCCN1C(=O)CC(N)C1c1ccc(Br)c(Br)c1. The molecule has 2 rings (SSSR count). The molecule has 0 aliphatic carbocycles. The van der Waals surface area contributed by atoms with Crippen LogP contribution >= 0.6 is 31.9 Å². The van der Waals surface area contributed by atoms with Crippen molar-refractivity contribution in [2.75, 3.05) is 6.54 Å². The van der Waals surface area contributed by atoms with Crippen LogP contribution in [0.3, 0.4) is 0 Å². The maximum Gasteiger partial charge on any atom is 0.224 e. The highest BCUT2D eigenvalue weighted by Gasteiger charge is 2.38. The number of likely N-dealkylation sites (tertiary alicyclic amines) is 1. The second-order valence-electron chi connectivity index (χ2n) is 4.57. The molecular formula is C13H16Br2N2O. The fraction of sp³-hybridized carbons (Fsp3) is 0.462. The fourth-order valence-corrected chi connectivity index (χ4v) is 3.09. The minimum absolute atomic E-state index is 0.00171. The van der Waals surface area contributed by atoms with Gasteiger partial charge in [0.05, 0.1) is 6.04 Å². The summed E-state index contributed by atoms with van der Waals surface area (Å²) in [7, 11) is 0. The molecule has 1 saturated heterocycles. The highest BCUT2D eigenvalue weighted by molar-refractivity contribution is 9.13. The molecule has 1 heterocycles. The van der Waals surface area contributed by atoms with E-state index in [0.29, 0.717) is 6.42 Å². The van der Waals surface area contributed by atoms with E-state index in [1.165, 1.54) is 0 Å². The van der Waals surface area contributed by atoms with Gasteiger partial charge in [-0.1, -0.05) is 13.0 Å². The Hall–Kier alpha value is -0.390. The second kappa shape index (κ2) is 5.72. The van der Waals surface area contributed by atoms with Gasteiger partial charge < -0.3 is 10.6 Å². The van der Waals surface area contributed by atoms with Gasteiger partial charge >= 0.3 is 0 Å². The van der Waals surface area contributed by atoms with E-state index in [4.69, 9.17) is 5.73 Å². The Labute approximate surface area is 124 Å². The third-order valence-corrected chi connectivity index (χ3v) is 5.10. The van der Waals surface area contributed by atoms with Gasteiger partial charge in [0, 0.05) is 28.0 Å². The molecule has 0 spiro atoms. The predicted molar refractivity (Wildman–Crippen MR) is 79.2 cm³/mol. The van der Waals surface area contributed by atoms with E-state index < -0.39 is 0 Å². The van der Waals surface area contributed by atoms with Gasteiger partial charge in [0.2, 0.25) is 5.91 Å². The molecule has 1 aliphatic heterocycles. The highest BCUT2D eigenvalue weighted by atomic mass is 79.9. The van der Waals surface area contributed by atoms with Crippen LogP contribution in [0.15, 0.2) is 27.1 Å². The first-order valence-electron chi connectivity index (χ1n) is 6.04. The molecule has 98 valence electrons. The summed E-state index contributed by atoms with van der Waals surface area (Å²) in [6.07, 6.45) is 1.39. The number of carbonyl (C=O) groups is 1. The number of carbonyl (C=O) groups excluding carboxylic acids is 1. The quantitative estimate of drug-likeness (QED) is 0.881. The van der Waals surface area contributed by atoms with Crippen LogP contribution in [0, 0.1) is 0 Å². The molecule has 0 aromatic heterocycles. The third-order valence-electron chi connectivity index (χ3n) is 3.22. The lowest BCUT2D eigenvalue weighted by Crippen LogP contribution is -2.33. The molecule has 1 fully saturated rings. The molecule has 0 radical (unpaired) electrons. The molecule has 2 atom stereocenters. The summed E-state index contributed by atoms with van der Waals surface area (Å²) in [6, 6.07) is 5.94. The molecule has 2 unspecified atom stereocenters. The summed E-state index contributed by atoms with van der Waals surface area (Å²) in [5, 5.41) is 0. The summed E-state index contributed by atoms with van der Waals surface area (Å²) in [5.41, 5.74) is 7.22. The number of hydrogen-bond donors (Lipinski definition) is 1. The Morgan fingerprint density at radius 2 is 2.11 bits per heavy atom. The number of nitrogens with two attached hydrogens (primary N) is 1. The molecule has 18 heavy (non-hydrogen) atoms. The van der Waals surface area contributed by atoms with Crippen molar-refractivity contribution in [3.8, 4) is 0 Å². The normalized spacial score (nSPS) is 23.8. The van der Waals surface area contributed by atoms with Crippen molar-refractivity contribution < 1.29 is 4.79 Å². The van der Waals surface area contributed by atoms with Gasteiger partial charge in [0.15, 0.2) is 0 Å². The van der Waals surface area contributed by atoms with E-state index in [0.717, 1.165) is 27.5 Å². The lowest BCUT2D eigenvalue weighted by atomic mass is 10.0. The molecule has 1 aliphatic rings. The summed E-state index contributed by atoms with van der Waals surface area (Å²) in [4.78, 5) is 13.8. The van der Waals surface area contributed by atoms with Crippen molar-refractivity contribution in [1.82, 2.24) is 4.90 Å². The lowest BCUT2D eigenvalue weighted by molar-refractivity contribution is -0.129.